The fraction of sp³-hybridized carbons (Fsp3) is 0.911. The number of aliphatic hydroxyl groups excluding tert-OH is 1. The molecule has 0 aliphatic carbocycles. The molecule has 0 fully saturated rings. The van der Waals surface area contributed by atoms with Gasteiger partial charge in [-0.1, -0.05) is 206 Å². The predicted molar refractivity (Wildman–Crippen MR) is 215 cm³/mol. The third-order valence-corrected chi connectivity index (χ3v) is 10.1. The van der Waals surface area contributed by atoms with Gasteiger partial charge in [-0.15, -0.1) is 0 Å². The van der Waals surface area contributed by atoms with Crippen molar-refractivity contribution in [2.24, 2.45) is 0 Å². The molecule has 0 aliphatic rings. The molecule has 50 heavy (non-hydrogen) atoms. The van der Waals surface area contributed by atoms with Crippen LogP contribution < -0.4 is 0 Å². The predicted octanol–water partition coefficient (Wildman–Crippen LogP) is 14.1. The van der Waals surface area contributed by atoms with Crippen LogP contribution in [-0.2, 0) is 19.1 Å². The molecule has 0 heterocycles. The highest BCUT2D eigenvalue weighted by atomic mass is 16.6. The van der Waals surface area contributed by atoms with Gasteiger partial charge < -0.3 is 14.6 Å². The van der Waals surface area contributed by atoms with Gasteiger partial charge in [0.2, 0.25) is 0 Å². The zero-order chi connectivity index (χ0) is 36.4. The lowest BCUT2D eigenvalue weighted by Gasteiger charge is -2.15. The number of unbranched alkanes of at least 4 members (excludes halogenated alkanes) is 31. The van der Waals surface area contributed by atoms with Crippen molar-refractivity contribution < 1.29 is 24.2 Å². The molecule has 0 spiro atoms. The number of ether oxygens (including phenoxy) is 2. The normalized spacial score (nSPS) is 12.1. The number of aliphatic hydroxyl groups is 1. The summed E-state index contributed by atoms with van der Waals surface area (Å²) in [6, 6.07) is 0. The van der Waals surface area contributed by atoms with Crippen LogP contribution in [0.3, 0.4) is 0 Å². The van der Waals surface area contributed by atoms with Crippen LogP contribution in [0, 0.1) is 0 Å². The Labute approximate surface area is 311 Å². The van der Waals surface area contributed by atoms with Gasteiger partial charge in [-0.25, -0.2) is 0 Å². The Balaban J connectivity index is 3.47. The fourth-order valence-corrected chi connectivity index (χ4v) is 6.67. The van der Waals surface area contributed by atoms with Crippen molar-refractivity contribution in [3.8, 4) is 0 Å². The van der Waals surface area contributed by atoms with E-state index in [1.165, 1.54) is 186 Å². The summed E-state index contributed by atoms with van der Waals surface area (Å²) in [6.45, 7) is 4.15. The monoisotopic (exact) mass is 707 g/mol. The van der Waals surface area contributed by atoms with Gasteiger partial charge in [0.25, 0.3) is 0 Å². The Bertz CT molecular complexity index is 720. The van der Waals surface area contributed by atoms with Crippen LogP contribution in [0.4, 0.5) is 0 Å². The number of allylic oxidation sites excluding steroid dienone is 2. The maximum atomic E-state index is 12.2. The molecule has 1 atom stereocenters. The van der Waals surface area contributed by atoms with Gasteiger partial charge in [0.1, 0.15) is 6.61 Å². The fourth-order valence-electron chi connectivity index (χ4n) is 6.67. The average Bonchev–Trinajstić information content (AvgIpc) is 3.12. The summed E-state index contributed by atoms with van der Waals surface area (Å²) in [7, 11) is 0. The molecule has 0 radical (unpaired) electrons. The highest BCUT2D eigenvalue weighted by molar-refractivity contribution is 5.70. The molecule has 5 heteroatoms. The van der Waals surface area contributed by atoms with Crippen molar-refractivity contribution >= 4 is 11.9 Å². The first-order chi connectivity index (χ1) is 24.6. The van der Waals surface area contributed by atoms with Crippen LogP contribution in [0.2, 0.25) is 0 Å². The van der Waals surface area contributed by atoms with E-state index in [1.807, 2.05) is 0 Å². The maximum Gasteiger partial charge on any atom is 0.306 e. The Morgan fingerprint density at radius 3 is 1.10 bits per heavy atom. The smallest absolute Gasteiger partial charge is 0.306 e. The minimum atomic E-state index is -0.767. The second-order valence-corrected chi connectivity index (χ2v) is 15.1. The molecular formula is C45H86O5. The second-order valence-electron chi connectivity index (χ2n) is 15.1. The minimum Gasteiger partial charge on any atom is -0.462 e. The molecule has 5 nitrogen and oxygen atoms in total. The molecule has 0 aromatic rings. The van der Waals surface area contributed by atoms with E-state index in [9.17, 15) is 14.7 Å². The van der Waals surface area contributed by atoms with E-state index in [4.69, 9.17) is 9.47 Å². The Morgan fingerprint density at radius 2 is 0.740 bits per heavy atom. The van der Waals surface area contributed by atoms with Gasteiger partial charge in [-0.2, -0.15) is 0 Å². The summed E-state index contributed by atoms with van der Waals surface area (Å²) in [5, 5.41) is 9.58. The van der Waals surface area contributed by atoms with E-state index in [0.717, 1.165) is 32.1 Å². The average molecular weight is 707 g/mol. The minimum absolute atomic E-state index is 0.0611. The Hall–Kier alpha value is -1.36. The number of rotatable bonds is 41. The first kappa shape index (κ1) is 48.6. The maximum absolute atomic E-state index is 12.2. The van der Waals surface area contributed by atoms with Crippen LogP contribution >= 0.6 is 0 Å². The molecular weight excluding hydrogens is 620 g/mol. The summed E-state index contributed by atoms with van der Waals surface area (Å²) in [5.41, 5.74) is 0. The van der Waals surface area contributed by atoms with E-state index in [1.54, 1.807) is 0 Å². The van der Waals surface area contributed by atoms with Crippen LogP contribution in [0.5, 0.6) is 0 Å². The quantitative estimate of drug-likeness (QED) is 0.0389. The second kappa shape index (κ2) is 42.1. The largest absolute Gasteiger partial charge is 0.462 e. The molecule has 0 saturated heterocycles. The van der Waals surface area contributed by atoms with Gasteiger partial charge in [0, 0.05) is 12.8 Å². The van der Waals surface area contributed by atoms with Crippen molar-refractivity contribution in [2.45, 2.75) is 251 Å². The van der Waals surface area contributed by atoms with Gasteiger partial charge in [0.05, 0.1) is 6.61 Å². The van der Waals surface area contributed by atoms with Crippen LogP contribution in [0.25, 0.3) is 0 Å². The number of hydrogen-bond donors (Lipinski definition) is 1. The Morgan fingerprint density at radius 1 is 0.440 bits per heavy atom. The van der Waals surface area contributed by atoms with Crippen molar-refractivity contribution in [1.29, 1.82) is 0 Å². The molecule has 0 aromatic carbocycles. The first-order valence-corrected chi connectivity index (χ1v) is 22.2. The van der Waals surface area contributed by atoms with Gasteiger partial charge in [-0.05, 0) is 38.5 Å². The third kappa shape index (κ3) is 39.4. The molecule has 0 bridgehead atoms. The van der Waals surface area contributed by atoms with Crippen molar-refractivity contribution in [3.05, 3.63) is 12.2 Å². The zero-order valence-electron chi connectivity index (χ0n) is 33.7. The first-order valence-electron chi connectivity index (χ1n) is 22.2. The van der Waals surface area contributed by atoms with Gasteiger partial charge in [0.15, 0.2) is 6.10 Å². The van der Waals surface area contributed by atoms with E-state index < -0.39 is 6.10 Å². The highest BCUT2D eigenvalue weighted by Gasteiger charge is 2.16. The van der Waals surface area contributed by atoms with E-state index in [-0.39, 0.29) is 25.2 Å². The molecule has 0 aromatic heterocycles. The molecule has 0 unspecified atom stereocenters. The topological polar surface area (TPSA) is 72.8 Å². The SMILES string of the molecule is CCCCCCC=CCCCCCCCCCC(=O)O[C@@H](CO)COC(=O)CCCCCCCCCCCCCCCCCCCCCCC. The molecule has 0 amide bonds. The number of hydrogen-bond acceptors (Lipinski definition) is 5. The lowest BCUT2D eigenvalue weighted by atomic mass is 10.0. The van der Waals surface area contributed by atoms with E-state index >= 15 is 0 Å². The number of carbonyl (C=O) groups is 2. The van der Waals surface area contributed by atoms with Crippen LogP contribution in [0.1, 0.15) is 245 Å². The van der Waals surface area contributed by atoms with Crippen LogP contribution in [-0.4, -0.2) is 36.4 Å². The van der Waals surface area contributed by atoms with E-state index in [0.29, 0.717) is 12.8 Å². The summed E-state index contributed by atoms with van der Waals surface area (Å²) in [5.74, 6) is -0.582. The molecule has 296 valence electrons. The number of esters is 2. The van der Waals surface area contributed by atoms with Crippen LogP contribution in [0.15, 0.2) is 12.2 Å². The summed E-state index contributed by atoms with van der Waals surface area (Å²) in [4.78, 5) is 24.3. The summed E-state index contributed by atoms with van der Waals surface area (Å²) in [6.07, 6.45) is 48.6. The van der Waals surface area contributed by atoms with E-state index in [2.05, 4.69) is 26.0 Å². The summed E-state index contributed by atoms with van der Waals surface area (Å²) >= 11 is 0. The van der Waals surface area contributed by atoms with Crippen molar-refractivity contribution in [3.63, 3.8) is 0 Å². The van der Waals surface area contributed by atoms with Crippen molar-refractivity contribution in [1.82, 2.24) is 0 Å². The molecule has 0 saturated carbocycles. The lowest BCUT2D eigenvalue weighted by molar-refractivity contribution is -0.161. The van der Waals surface area contributed by atoms with Gasteiger partial charge in [-0.3, -0.25) is 9.59 Å². The molecule has 0 aliphatic heterocycles. The lowest BCUT2D eigenvalue weighted by Crippen LogP contribution is -2.28. The van der Waals surface area contributed by atoms with Gasteiger partial charge >= 0.3 is 11.9 Å². The van der Waals surface area contributed by atoms with Crippen molar-refractivity contribution in [2.75, 3.05) is 13.2 Å². The number of carbonyl (C=O) groups excluding carboxylic acids is 2. The summed E-state index contributed by atoms with van der Waals surface area (Å²) < 4.78 is 10.6. The third-order valence-electron chi connectivity index (χ3n) is 10.1. The highest BCUT2D eigenvalue weighted by Crippen LogP contribution is 2.16. The zero-order valence-corrected chi connectivity index (χ0v) is 33.7. The Kier molecular flexibility index (Phi) is 40.9. The molecule has 0 rings (SSSR count). The molecule has 1 N–H and O–H groups in total. The standard InChI is InChI=1S/C45H86O5/c1-3-5-7-9-11-13-15-17-19-20-21-22-23-24-26-27-29-31-33-35-37-39-44(47)49-42-43(41-46)50-45(48)40-38-36-34-32-30-28-25-18-16-14-12-10-8-6-4-2/h14,16,43,46H,3-13,15,17-42H2,1-2H3/t43-/m0/s1.